The van der Waals surface area contributed by atoms with Crippen molar-refractivity contribution in [1.29, 1.82) is 0 Å². The first-order chi connectivity index (χ1) is 12.2. The van der Waals surface area contributed by atoms with Crippen molar-refractivity contribution in [1.82, 2.24) is 15.3 Å². The van der Waals surface area contributed by atoms with E-state index in [0.29, 0.717) is 19.0 Å². The zero-order valence-corrected chi connectivity index (χ0v) is 14.3. The van der Waals surface area contributed by atoms with Crippen molar-refractivity contribution in [2.24, 2.45) is 5.92 Å². The van der Waals surface area contributed by atoms with Crippen LogP contribution in [0.5, 0.6) is 0 Å². The van der Waals surface area contributed by atoms with Crippen LogP contribution in [0.1, 0.15) is 17.5 Å². The second kappa shape index (κ2) is 6.80. The third kappa shape index (κ3) is 3.49. The van der Waals surface area contributed by atoms with E-state index in [1.54, 1.807) is 0 Å². The summed E-state index contributed by atoms with van der Waals surface area (Å²) in [7, 11) is 0. The van der Waals surface area contributed by atoms with Crippen molar-refractivity contribution in [2.45, 2.75) is 32.1 Å². The molecular formula is C19H22N4O2. The van der Waals surface area contributed by atoms with Crippen molar-refractivity contribution in [2.75, 3.05) is 18.0 Å². The van der Waals surface area contributed by atoms with E-state index in [1.165, 1.54) is 0 Å². The first-order valence-electron chi connectivity index (χ1n) is 8.70. The van der Waals surface area contributed by atoms with Crippen molar-refractivity contribution >= 4 is 11.9 Å². The topological polar surface area (TPSA) is 67.4 Å². The molecule has 0 radical (unpaired) electrons. The van der Waals surface area contributed by atoms with Crippen LogP contribution in [0.4, 0.5) is 5.95 Å². The standard InChI is InChI=1S/C19H22N4O2/c1-13-8-21-19(22-9-13)23-11-15-7-16(17(12-23)25-15)18(24)20-10-14-5-3-2-4-6-14/h2-6,8-9,15-17H,7,10-12H2,1H3,(H,20,24)/t15-,16+,17-/m1/s1. The molecule has 1 amide bonds. The van der Waals surface area contributed by atoms with Gasteiger partial charge in [-0.05, 0) is 24.5 Å². The largest absolute Gasteiger partial charge is 0.370 e. The van der Waals surface area contributed by atoms with E-state index in [-0.39, 0.29) is 24.0 Å². The van der Waals surface area contributed by atoms with E-state index < -0.39 is 0 Å². The molecule has 2 aliphatic heterocycles. The predicted molar refractivity (Wildman–Crippen MR) is 94.0 cm³/mol. The lowest BCUT2D eigenvalue weighted by molar-refractivity contribution is -0.126. The SMILES string of the molecule is Cc1cnc(N2C[C@H]3C[C@H](C(=O)NCc4ccccc4)[C@@H](C2)O3)nc1. The van der Waals surface area contributed by atoms with Gasteiger partial charge in [-0.3, -0.25) is 4.79 Å². The number of benzene rings is 1. The summed E-state index contributed by atoms with van der Waals surface area (Å²) in [6.45, 7) is 3.92. The molecule has 0 saturated carbocycles. The molecule has 2 saturated heterocycles. The molecule has 6 nitrogen and oxygen atoms in total. The summed E-state index contributed by atoms with van der Waals surface area (Å²) in [4.78, 5) is 23.5. The van der Waals surface area contributed by atoms with Gasteiger partial charge in [-0.1, -0.05) is 30.3 Å². The minimum atomic E-state index is -0.107. The van der Waals surface area contributed by atoms with E-state index >= 15 is 0 Å². The molecule has 1 aromatic carbocycles. The predicted octanol–water partition coefficient (Wildman–Crippen LogP) is 1.70. The average Bonchev–Trinajstić information content (AvgIpc) is 2.95. The smallest absolute Gasteiger partial charge is 0.226 e. The highest BCUT2D eigenvalue weighted by Crippen LogP contribution is 2.33. The minimum Gasteiger partial charge on any atom is -0.370 e. The van der Waals surface area contributed by atoms with Gasteiger partial charge in [-0.15, -0.1) is 0 Å². The molecule has 0 aliphatic carbocycles. The van der Waals surface area contributed by atoms with Gasteiger partial charge in [0.1, 0.15) is 0 Å². The fraction of sp³-hybridized carbons (Fsp3) is 0.421. The highest BCUT2D eigenvalue weighted by atomic mass is 16.5. The number of carbonyl (C=O) groups is 1. The summed E-state index contributed by atoms with van der Waals surface area (Å²) in [6, 6.07) is 9.96. The molecule has 1 aromatic heterocycles. The molecule has 3 atom stereocenters. The van der Waals surface area contributed by atoms with Gasteiger partial charge in [-0.25, -0.2) is 9.97 Å². The number of anilines is 1. The lowest BCUT2D eigenvalue weighted by Gasteiger charge is -2.32. The summed E-state index contributed by atoms with van der Waals surface area (Å²) < 4.78 is 6.00. The zero-order valence-electron chi connectivity index (χ0n) is 14.3. The molecular weight excluding hydrogens is 316 g/mol. The number of hydrogen-bond acceptors (Lipinski definition) is 5. The number of morpholine rings is 1. The molecule has 130 valence electrons. The maximum atomic E-state index is 12.6. The van der Waals surface area contributed by atoms with Crippen LogP contribution in [0.25, 0.3) is 0 Å². The highest BCUT2D eigenvalue weighted by molar-refractivity contribution is 5.79. The fourth-order valence-corrected chi connectivity index (χ4v) is 3.56. The average molecular weight is 338 g/mol. The Balaban J connectivity index is 1.38. The van der Waals surface area contributed by atoms with Crippen molar-refractivity contribution in [3.05, 3.63) is 53.9 Å². The third-order valence-corrected chi connectivity index (χ3v) is 4.85. The number of rotatable bonds is 4. The van der Waals surface area contributed by atoms with Gasteiger partial charge < -0.3 is 15.0 Å². The van der Waals surface area contributed by atoms with E-state index in [2.05, 4.69) is 20.2 Å². The molecule has 25 heavy (non-hydrogen) atoms. The Hall–Kier alpha value is -2.47. The Morgan fingerprint density at radius 2 is 2.00 bits per heavy atom. The lowest BCUT2D eigenvalue weighted by Crippen LogP contribution is -2.46. The third-order valence-electron chi connectivity index (χ3n) is 4.85. The van der Waals surface area contributed by atoms with Gasteiger partial charge in [0.15, 0.2) is 0 Å². The van der Waals surface area contributed by atoms with Crippen molar-refractivity contribution < 1.29 is 9.53 Å². The van der Waals surface area contributed by atoms with Crippen molar-refractivity contribution in [3.63, 3.8) is 0 Å². The summed E-state index contributed by atoms with van der Waals surface area (Å²) in [5.41, 5.74) is 2.14. The highest BCUT2D eigenvalue weighted by Gasteiger charge is 2.45. The number of amides is 1. The second-order valence-corrected chi connectivity index (χ2v) is 6.81. The van der Waals surface area contributed by atoms with E-state index in [4.69, 9.17) is 4.74 Å². The molecule has 3 heterocycles. The summed E-state index contributed by atoms with van der Waals surface area (Å²) in [6.07, 6.45) is 4.37. The quantitative estimate of drug-likeness (QED) is 0.919. The Labute approximate surface area is 147 Å². The monoisotopic (exact) mass is 338 g/mol. The number of ether oxygens (including phenoxy) is 1. The van der Waals surface area contributed by atoms with Gasteiger partial charge in [0.2, 0.25) is 11.9 Å². The van der Waals surface area contributed by atoms with Gasteiger partial charge in [0, 0.05) is 32.0 Å². The Bertz CT molecular complexity index is 735. The number of hydrogen-bond donors (Lipinski definition) is 1. The molecule has 2 fully saturated rings. The van der Waals surface area contributed by atoms with Crippen LogP contribution in [-0.4, -0.2) is 41.2 Å². The van der Waals surface area contributed by atoms with Crippen LogP contribution in [0.15, 0.2) is 42.7 Å². The van der Waals surface area contributed by atoms with Crippen molar-refractivity contribution in [3.8, 4) is 0 Å². The number of aryl methyl sites for hydroxylation is 1. The number of fused-ring (bicyclic) bond motifs is 2. The second-order valence-electron chi connectivity index (χ2n) is 6.81. The fourth-order valence-electron chi connectivity index (χ4n) is 3.56. The van der Waals surface area contributed by atoms with Crippen LogP contribution in [0.2, 0.25) is 0 Å². The summed E-state index contributed by atoms with van der Waals surface area (Å²) in [5.74, 6) is 0.682. The van der Waals surface area contributed by atoms with Gasteiger partial charge >= 0.3 is 0 Å². The van der Waals surface area contributed by atoms with E-state index in [0.717, 1.165) is 24.1 Å². The first-order valence-corrected chi connectivity index (χ1v) is 8.70. The maximum absolute atomic E-state index is 12.6. The lowest BCUT2D eigenvalue weighted by atomic mass is 9.99. The number of carbonyl (C=O) groups excluding carboxylic acids is 1. The molecule has 0 spiro atoms. The van der Waals surface area contributed by atoms with Crippen LogP contribution >= 0.6 is 0 Å². The zero-order chi connectivity index (χ0) is 17.2. The summed E-state index contributed by atoms with van der Waals surface area (Å²) >= 11 is 0. The number of nitrogens with one attached hydrogen (secondary N) is 1. The molecule has 0 unspecified atom stereocenters. The Kier molecular flexibility index (Phi) is 4.36. The summed E-state index contributed by atoms with van der Waals surface area (Å²) in [5, 5.41) is 3.05. The van der Waals surface area contributed by atoms with E-state index in [1.807, 2.05) is 49.6 Å². The molecule has 2 bridgehead atoms. The van der Waals surface area contributed by atoms with Gasteiger partial charge in [-0.2, -0.15) is 0 Å². The molecule has 2 aliphatic rings. The normalized spacial score (nSPS) is 25.0. The van der Waals surface area contributed by atoms with Gasteiger partial charge in [0.25, 0.3) is 0 Å². The van der Waals surface area contributed by atoms with Crippen LogP contribution in [0.3, 0.4) is 0 Å². The van der Waals surface area contributed by atoms with Crippen LogP contribution in [0, 0.1) is 12.8 Å². The molecule has 6 heteroatoms. The minimum absolute atomic E-state index is 0.0659. The maximum Gasteiger partial charge on any atom is 0.226 e. The van der Waals surface area contributed by atoms with Crippen LogP contribution < -0.4 is 10.2 Å². The Morgan fingerprint density at radius 1 is 1.24 bits per heavy atom. The molecule has 2 aromatic rings. The molecule has 4 rings (SSSR count). The molecule has 1 N–H and O–H groups in total. The number of nitrogens with zero attached hydrogens (tertiary/aromatic N) is 3. The Morgan fingerprint density at radius 3 is 2.76 bits per heavy atom. The van der Waals surface area contributed by atoms with E-state index in [9.17, 15) is 4.79 Å². The number of aromatic nitrogens is 2. The van der Waals surface area contributed by atoms with Gasteiger partial charge in [0.05, 0.1) is 18.1 Å². The van der Waals surface area contributed by atoms with Crippen LogP contribution in [-0.2, 0) is 16.1 Å². The first kappa shape index (κ1) is 16.0.